The Kier molecular flexibility index (Phi) is 3.07. The van der Waals surface area contributed by atoms with E-state index < -0.39 is 0 Å². The van der Waals surface area contributed by atoms with Gasteiger partial charge in [-0.25, -0.2) is 0 Å². The fourth-order valence-corrected chi connectivity index (χ4v) is 2.14. The molecule has 1 fully saturated rings. The predicted molar refractivity (Wildman–Crippen MR) is 59.7 cm³/mol. The first-order valence-corrected chi connectivity index (χ1v) is 5.74. The third-order valence-electron chi connectivity index (χ3n) is 2.82. The second-order valence-electron chi connectivity index (χ2n) is 4.25. The molecule has 0 saturated heterocycles. The van der Waals surface area contributed by atoms with E-state index in [9.17, 15) is 0 Å². The number of hydrogen-bond acceptors (Lipinski definition) is 1. The molecular weight excluding hydrogens is 194 g/mol. The average Bonchev–Trinajstić information content (AvgIpc) is 2.93. The van der Waals surface area contributed by atoms with Crippen LogP contribution in [0.25, 0.3) is 0 Å². The fraction of sp³-hybridized carbons (Fsp3) is 0.583. The van der Waals surface area contributed by atoms with E-state index >= 15 is 0 Å². The Balaban J connectivity index is 1.91. The highest BCUT2D eigenvalue weighted by atomic mass is 35.5. The molecule has 0 radical (unpaired) electrons. The highest BCUT2D eigenvalue weighted by Crippen LogP contribution is 2.35. The van der Waals surface area contributed by atoms with E-state index in [4.69, 9.17) is 11.6 Å². The monoisotopic (exact) mass is 209 g/mol. The molecule has 0 bridgehead atoms. The van der Waals surface area contributed by atoms with Gasteiger partial charge in [0.1, 0.15) is 0 Å². The van der Waals surface area contributed by atoms with Gasteiger partial charge in [-0.15, -0.1) is 11.6 Å². The minimum atomic E-state index is 0.274. The van der Waals surface area contributed by atoms with Crippen molar-refractivity contribution in [1.82, 2.24) is 4.98 Å². The maximum absolute atomic E-state index is 6.28. The fourth-order valence-electron chi connectivity index (χ4n) is 1.74. The van der Waals surface area contributed by atoms with Crippen LogP contribution < -0.4 is 0 Å². The number of rotatable bonds is 4. The van der Waals surface area contributed by atoms with E-state index in [-0.39, 0.29) is 5.38 Å². The lowest BCUT2D eigenvalue weighted by Crippen LogP contribution is -2.07. The van der Waals surface area contributed by atoms with Crippen LogP contribution in [0.3, 0.4) is 0 Å². The summed E-state index contributed by atoms with van der Waals surface area (Å²) < 4.78 is 0. The van der Waals surface area contributed by atoms with Crippen molar-refractivity contribution in [2.75, 3.05) is 0 Å². The lowest BCUT2D eigenvalue weighted by Gasteiger charge is -2.09. The Morgan fingerprint density at radius 1 is 1.57 bits per heavy atom. The first kappa shape index (κ1) is 9.97. The molecule has 0 amide bonds. The molecule has 1 heterocycles. The molecule has 1 aromatic rings. The Morgan fingerprint density at radius 3 is 3.00 bits per heavy atom. The molecule has 2 heteroatoms. The Hall–Kier alpha value is -0.560. The van der Waals surface area contributed by atoms with Gasteiger partial charge in [0, 0.05) is 23.7 Å². The molecule has 0 spiro atoms. The van der Waals surface area contributed by atoms with Crippen molar-refractivity contribution in [3.63, 3.8) is 0 Å². The van der Waals surface area contributed by atoms with Gasteiger partial charge in [0.25, 0.3) is 0 Å². The molecule has 1 unspecified atom stereocenters. The molecule has 1 nitrogen and oxygen atoms in total. The molecule has 14 heavy (non-hydrogen) atoms. The minimum absolute atomic E-state index is 0.274. The maximum atomic E-state index is 6.28. The summed E-state index contributed by atoms with van der Waals surface area (Å²) in [7, 11) is 0. The van der Waals surface area contributed by atoms with Crippen LogP contribution in [0.15, 0.2) is 18.3 Å². The Labute approximate surface area is 90.5 Å². The Bertz CT molecular complexity index is 307. The van der Waals surface area contributed by atoms with Gasteiger partial charge in [-0.1, -0.05) is 18.9 Å². The van der Waals surface area contributed by atoms with E-state index in [0.717, 1.165) is 24.5 Å². The van der Waals surface area contributed by atoms with Gasteiger partial charge in [0.05, 0.1) is 0 Å². The quantitative estimate of drug-likeness (QED) is 0.694. The third kappa shape index (κ3) is 2.71. The minimum Gasteiger partial charge on any atom is -0.261 e. The van der Waals surface area contributed by atoms with E-state index in [1.807, 2.05) is 12.3 Å². The van der Waals surface area contributed by atoms with Crippen LogP contribution >= 0.6 is 11.6 Å². The van der Waals surface area contributed by atoms with Crippen LogP contribution in [0.5, 0.6) is 0 Å². The molecule has 0 N–H and O–H groups in total. The predicted octanol–water partition coefficient (Wildman–Crippen LogP) is 3.34. The number of alkyl halides is 1. The number of nitrogens with zero attached hydrogens (tertiary/aromatic N) is 1. The average molecular weight is 210 g/mol. The summed E-state index contributed by atoms with van der Waals surface area (Å²) in [6.45, 7) is 2.10. The van der Waals surface area contributed by atoms with Crippen LogP contribution in [0.4, 0.5) is 0 Å². The number of aromatic nitrogens is 1. The van der Waals surface area contributed by atoms with Gasteiger partial charge in [-0.3, -0.25) is 4.98 Å². The van der Waals surface area contributed by atoms with Gasteiger partial charge in [0.15, 0.2) is 0 Å². The van der Waals surface area contributed by atoms with Crippen molar-refractivity contribution in [3.05, 3.63) is 29.6 Å². The lowest BCUT2D eigenvalue weighted by molar-refractivity contribution is 0.666. The Morgan fingerprint density at radius 2 is 2.36 bits per heavy atom. The van der Waals surface area contributed by atoms with Crippen LogP contribution in [0, 0.1) is 12.8 Å². The molecule has 1 atom stereocenters. The lowest BCUT2D eigenvalue weighted by atomic mass is 10.1. The van der Waals surface area contributed by atoms with E-state index in [2.05, 4.69) is 18.0 Å². The zero-order valence-electron chi connectivity index (χ0n) is 8.54. The van der Waals surface area contributed by atoms with Crippen molar-refractivity contribution in [1.29, 1.82) is 0 Å². The van der Waals surface area contributed by atoms with Crippen LogP contribution in [0.2, 0.25) is 0 Å². The number of pyridine rings is 1. The summed E-state index contributed by atoms with van der Waals surface area (Å²) in [5.41, 5.74) is 2.42. The second-order valence-corrected chi connectivity index (χ2v) is 4.86. The zero-order chi connectivity index (χ0) is 9.97. The van der Waals surface area contributed by atoms with E-state index in [1.54, 1.807) is 0 Å². The molecule has 2 rings (SSSR count). The first-order chi connectivity index (χ1) is 6.75. The van der Waals surface area contributed by atoms with Crippen molar-refractivity contribution >= 4 is 11.6 Å². The SMILES string of the molecule is Cc1cccnc1CC(Cl)CC1CC1. The van der Waals surface area contributed by atoms with Crippen molar-refractivity contribution in [2.24, 2.45) is 5.92 Å². The highest BCUT2D eigenvalue weighted by molar-refractivity contribution is 6.20. The van der Waals surface area contributed by atoms with Gasteiger partial charge in [-0.2, -0.15) is 0 Å². The van der Waals surface area contributed by atoms with Gasteiger partial charge >= 0.3 is 0 Å². The van der Waals surface area contributed by atoms with E-state index in [0.29, 0.717) is 0 Å². The van der Waals surface area contributed by atoms with Crippen LogP contribution in [-0.2, 0) is 6.42 Å². The summed E-state index contributed by atoms with van der Waals surface area (Å²) in [6.07, 6.45) is 6.69. The van der Waals surface area contributed by atoms with Crippen LogP contribution in [0.1, 0.15) is 30.5 Å². The van der Waals surface area contributed by atoms with Crippen molar-refractivity contribution < 1.29 is 0 Å². The summed E-state index contributed by atoms with van der Waals surface area (Å²) in [5.74, 6) is 0.904. The van der Waals surface area contributed by atoms with Gasteiger partial charge < -0.3 is 0 Å². The molecular formula is C12H16ClN. The number of hydrogen-bond donors (Lipinski definition) is 0. The van der Waals surface area contributed by atoms with Crippen LogP contribution in [-0.4, -0.2) is 10.4 Å². The topological polar surface area (TPSA) is 12.9 Å². The number of halogens is 1. The molecule has 0 aliphatic heterocycles. The molecule has 1 aromatic heterocycles. The zero-order valence-corrected chi connectivity index (χ0v) is 9.30. The van der Waals surface area contributed by atoms with Crippen molar-refractivity contribution in [2.45, 2.75) is 38.0 Å². The third-order valence-corrected chi connectivity index (χ3v) is 3.15. The smallest absolute Gasteiger partial charge is 0.0447 e. The van der Waals surface area contributed by atoms with Crippen molar-refractivity contribution in [3.8, 4) is 0 Å². The van der Waals surface area contributed by atoms with Gasteiger partial charge in [-0.05, 0) is 30.9 Å². The summed E-state index contributed by atoms with van der Waals surface area (Å²) in [5, 5.41) is 0.274. The summed E-state index contributed by atoms with van der Waals surface area (Å²) in [4.78, 5) is 4.36. The molecule has 76 valence electrons. The first-order valence-electron chi connectivity index (χ1n) is 5.30. The number of aryl methyl sites for hydroxylation is 1. The molecule has 1 aliphatic carbocycles. The second kappa shape index (κ2) is 4.31. The largest absolute Gasteiger partial charge is 0.261 e. The highest BCUT2D eigenvalue weighted by Gasteiger charge is 2.24. The maximum Gasteiger partial charge on any atom is 0.0447 e. The van der Waals surface area contributed by atoms with Gasteiger partial charge in [0.2, 0.25) is 0 Å². The normalized spacial score (nSPS) is 18.1. The molecule has 0 aromatic carbocycles. The summed E-state index contributed by atoms with van der Waals surface area (Å²) >= 11 is 6.28. The molecule has 1 saturated carbocycles. The standard InChI is InChI=1S/C12H16ClN/c1-9-3-2-6-14-12(9)8-11(13)7-10-4-5-10/h2-3,6,10-11H,4-5,7-8H2,1H3. The van der Waals surface area contributed by atoms with E-state index in [1.165, 1.54) is 18.4 Å². The molecule has 1 aliphatic rings. The summed E-state index contributed by atoms with van der Waals surface area (Å²) in [6, 6.07) is 4.08.